The number of anilines is 1. The Morgan fingerprint density at radius 1 is 1.36 bits per heavy atom. The summed E-state index contributed by atoms with van der Waals surface area (Å²) in [6.07, 6.45) is 3.85. The third-order valence-electron chi connectivity index (χ3n) is 4.76. The standard InChI is InChI=1S/C19H28ClNO3S/c1-5-24-18(23)16-13-9-8-12(19(2,3)4)11-14(13)25-17(16)21-15(22)7-6-10-20/h12H,5-11H2,1-4H3,(H,21,22). The summed E-state index contributed by atoms with van der Waals surface area (Å²) in [5.41, 5.74) is 1.86. The Kier molecular flexibility index (Phi) is 6.92. The van der Waals surface area contributed by atoms with E-state index in [-0.39, 0.29) is 17.3 Å². The van der Waals surface area contributed by atoms with Crippen LogP contribution in [-0.2, 0) is 22.4 Å². The SMILES string of the molecule is CCOC(=O)c1c(NC(=O)CCCCl)sc2c1CCC(C(C)(C)C)C2. The van der Waals surface area contributed by atoms with Crippen LogP contribution in [0.4, 0.5) is 5.00 Å². The van der Waals surface area contributed by atoms with Gasteiger partial charge in [0, 0.05) is 17.2 Å². The summed E-state index contributed by atoms with van der Waals surface area (Å²) >= 11 is 7.19. The number of carbonyl (C=O) groups excluding carboxylic acids is 2. The van der Waals surface area contributed by atoms with E-state index in [1.807, 2.05) is 0 Å². The van der Waals surface area contributed by atoms with Gasteiger partial charge in [0.05, 0.1) is 12.2 Å². The summed E-state index contributed by atoms with van der Waals surface area (Å²) < 4.78 is 5.25. The van der Waals surface area contributed by atoms with Crippen LogP contribution in [0.3, 0.4) is 0 Å². The van der Waals surface area contributed by atoms with Gasteiger partial charge in [0.15, 0.2) is 0 Å². The molecule has 0 radical (unpaired) electrons. The Bertz CT molecular complexity index is 633. The Morgan fingerprint density at radius 2 is 2.08 bits per heavy atom. The topological polar surface area (TPSA) is 55.4 Å². The van der Waals surface area contributed by atoms with E-state index >= 15 is 0 Å². The van der Waals surface area contributed by atoms with Crippen LogP contribution in [0.2, 0.25) is 0 Å². The van der Waals surface area contributed by atoms with Crippen molar-refractivity contribution in [3.8, 4) is 0 Å². The molecule has 2 rings (SSSR count). The summed E-state index contributed by atoms with van der Waals surface area (Å²) in [6, 6.07) is 0. The number of carbonyl (C=O) groups is 2. The summed E-state index contributed by atoms with van der Waals surface area (Å²) in [4.78, 5) is 25.8. The van der Waals surface area contributed by atoms with Crippen molar-refractivity contribution in [2.24, 2.45) is 11.3 Å². The zero-order valence-corrected chi connectivity index (χ0v) is 17.1. The molecule has 1 heterocycles. The fourth-order valence-corrected chi connectivity index (χ4v) is 4.71. The number of fused-ring (bicyclic) bond motifs is 1. The van der Waals surface area contributed by atoms with Gasteiger partial charge in [0.1, 0.15) is 5.00 Å². The van der Waals surface area contributed by atoms with Gasteiger partial charge in [-0.25, -0.2) is 4.79 Å². The van der Waals surface area contributed by atoms with Crippen LogP contribution in [-0.4, -0.2) is 24.4 Å². The molecule has 0 fully saturated rings. The summed E-state index contributed by atoms with van der Waals surface area (Å²) in [7, 11) is 0. The lowest BCUT2D eigenvalue weighted by Crippen LogP contribution is -2.26. The number of alkyl halides is 1. The number of hydrogen-bond acceptors (Lipinski definition) is 4. The first-order valence-corrected chi connectivity index (χ1v) is 10.3. The van der Waals surface area contributed by atoms with Crippen LogP contribution in [0.15, 0.2) is 0 Å². The highest BCUT2D eigenvalue weighted by atomic mass is 35.5. The molecule has 1 N–H and O–H groups in total. The molecular formula is C19H28ClNO3S. The van der Waals surface area contributed by atoms with E-state index in [1.165, 1.54) is 16.2 Å². The minimum absolute atomic E-state index is 0.0998. The minimum atomic E-state index is -0.332. The molecule has 0 aliphatic heterocycles. The fourth-order valence-electron chi connectivity index (χ4n) is 3.25. The minimum Gasteiger partial charge on any atom is -0.462 e. The molecule has 0 spiro atoms. The van der Waals surface area contributed by atoms with E-state index in [0.29, 0.717) is 41.8 Å². The summed E-state index contributed by atoms with van der Waals surface area (Å²) in [5, 5.41) is 3.55. The van der Waals surface area contributed by atoms with Gasteiger partial charge in [0.2, 0.25) is 5.91 Å². The van der Waals surface area contributed by atoms with Crippen molar-refractivity contribution in [3.05, 3.63) is 16.0 Å². The Hall–Kier alpha value is -1.07. The molecule has 1 amide bonds. The van der Waals surface area contributed by atoms with Gasteiger partial charge in [0.25, 0.3) is 0 Å². The van der Waals surface area contributed by atoms with Crippen LogP contribution >= 0.6 is 22.9 Å². The van der Waals surface area contributed by atoms with Gasteiger partial charge in [-0.1, -0.05) is 20.8 Å². The summed E-state index contributed by atoms with van der Waals surface area (Å²) in [5.74, 6) is 0.597. The number of rotatable bonds is 6. The van der Waals surface area contributed by atoms with Crippen molar-refractivity contribution in [1.82, 2.24) is 0 Å². The van der Waals surface area contributed by atoms with Crippen LogP contribution in [0.25, 0.3) is 0 Å². The van der Waals surface area contributed by atoms with Gasteiger partial charge >= 0.3 is 5.97 Å². The number of ether oxygens (including phenoxy) is 1. The molecule has 0 saturated heterocycles. The number of hydrogen-bond donors (Lipinski definition) is 1. The van der Waals surface area contributed by atoms with Crippen molar-refractivity contribution in [2.45, 2.75) is 59.8 Å². The second kappa shape index (κ2) is 8.54. The zero-order chi connectivity index (χ0) is 18.6. The first kappa shape index (κ1) is 20.2. The molecule has 1 aliphatic rings. The highest BCUT2D eigenvalue weighted by molar-refractivity contribution is 7.17. The maximum absolute atomic E-state index is 12.5. The van der Waals surface area contributed by atoms with Gasteiger partial charge in [-0.15, -0.1) is 22.9 Å². The first-order chi connectivity index (χ1) is 11.8. The Balaban J connectivity index is 2.31. The molecule has 1 unspecified atom stereocenters. The number of amides is 1. The van der Waals surface area contributed by atoms with Gasteiger partial charge in [-0.3, -0.25) is 4.79 Å². The normalized spacial score (nSPS) is 17.1. The van der Waals surface area contributed by atoms with Gasteiger partial charge in [-0.2, -0.15) is 0 Å². The van der Waals surface area contributed by atoms with Crippen LogP contribution < -0.4 is 5.32 Å². The number of halogens is 1. The van der Waals surface area contributed by atoms with E-state index in [2.05, 4.69) is 26.1 Å². The van der Waals surface area contributed by atoms with Crippen molar-refractivity contribution >= 4 is 39.8 Å². The van der Waals surface area contributed by atoms with E-state index in [4.69, 9.17) is 16.3 Å². The molecule has 1 aliphatic carbocycles. The molecule has 1 aromatic heterocycles. The molecule has 6 heteroatoms. The zero-order valence-electron chi connectivity index (χ0n) is 15.5. The van der Waals surface area contributed by atoms with E-state index in [0.717, 1.165) is 24.8 Å². The monoisotopic (exact) mass is 385 g/mol. The summed E-state index contributed by atoms with van der Waals surface area (Å²) in [6.45, 7) is 8.91. The largest absolute Gasteiger partial charge is 0.462 e. The average Bonchev–Trinajstić information content (AvgIpc) is 2.89. The smallest absolute Gasteiger partial charge is 0.341 e. The lowest BCUT2D eigenvalue weighted by Gasteiger charge is -2.33. The van der Waals surface area contributed by atoms with Gasteiger partial charge < -0.3 is 10.1 Å². The van der Waals surface area contributed by atoms with E-state index < -0.39 is 0 Å². The average molecular weight is 386 g/mol. The number of thiophene rings is 1. The van der Waals surface area contributed by atoms with Crippen LogP contribution in [0.1, 0.15) is 67.8 Å². The predicted octanol–water partition coefficient (Wildman–Crippen LogP) is 5.03. The van der Waals surface area contributed by atoms with Crippen molar-refractivity contribution < 1.29 is 14.3 Å². The van der Waals surface area contributed by atoms with Crippen LogP contribution in [0.5, 0.6) is 0 Å². The van der Waals surface area contributed by atoms with Crippen molar-refractivity contribution in [3.63, 3.8) is 0 Å². The molecular weight excluding hydrogens is 358 g/mol. The second-order valence-electron chi connectivity index (χ2n) is 7.57. The molecule has 1 atom stereocenters. The maximum atomic E-state index is 12.5. The van der Waals surface area contributed by atoms with E-state index in [1.54, 1.807) is 6.92 Å². The second-order valence-corrected chi connectivity index (χ2v) is 9.06. The van der Waals surface area contributed by atoms with Crippen molar-refractivity contribution in [1.29, 1.82) is 0 Å². The highest BCUT2D eigenvalue weighted by Crippen LogP contribution is 2.44. The van der Waals surface area contributed by atoms with Gasteiger partial charge in [-0.05, 0) is 49.5 Å². The van der Waals surface area contributed by atoms with Crippen LogP contribution in [0, 0.1) is 11.3 Å². The molecule has 0 aromatic carbocycles. The van der Waals surface area contributed by atoms with Crippen molar-refractivity contribution in [2.75, 3.05) is 17.8 Å². The third-order valence-corrected chi connectivity index (χ3v) is 6.20. The van der Waals surface area contributed by atoms with E-state index in [9.17, 15) is 9.59 Å². The molecule has 25 heavy (non-hydrogen) atoms. The predicted molar refractivity (Wildman–Crippen MR) is 104 cm³/mol. The Labute approximate surface area is 159 Å². The number of esters is 1. The lowest BCUT2D eigenvalue weighted by atomic mass is 9.72. The molecule has 4 nitrogen and oxygen atoms in total. The highest BCUT2D eigenvalue weighted by Gasteiger charge is 2.34. The quantitative estimate of drug-likeness (QED) is 0.551. The molecule has 1 aromatic rings. The maximum Gasteiger partial charge on any atom is 0.341 e. The molecule has 0 bridgehead atoms. The Morgan fingerprint density at radius 3 is 2.68 bits per heavy atom. The molecule has 0 saturated carbocycles. The molecule has 140 valence electrons. The fraction of sp³-hybridized carbons (Fsp3) is 0.684. The third kappa shape index (κ3) is 4.98. The number of nitrogens with one attached hydrogen (secondary N) is 1. The first-order valence-electron chi connectivity index (χ1n) is 8.95. The lowest BCUT2D eigenvalue weighted by molar-refractivity contribution is -0.116.